The maximum atomic E-state index is 11.7. The van der Waals surface area contributed by atoms with Crippen LogP contribution in [-0.4, -0.2) is 18.2 Å². The number of hydrazone groups is 1. The van der Waals surface area contributed by atoms with E-state index in [0.717, 1.165) is 16.9 Å². The van der Waals surface area contributed by atoms with Crippen molar-refractivity contribution in [3.8, 4) is 5.75 Å². The highest BCUT2D eigenvalue weighted by atomic mass is 16.5. The van der Waals surface area contributed by atoms with Crippen molar-refractivity contribution in [3.05, 3.63) is 59.6 Å². The first-order valence-electron chi connectivity index (χ1n) is 7.29. The van der Waals surface area contributed by atoms with Crippen molar-refractivity contribution >= 4 is 17.7 Å². The molecule has 5 heteroatoms. The summed E-state index contributed by atoms with van der Waals surface area (Å²) in [6, 6.07) is 9.46. The van der Waals surface area contributed by atoms with E-state index in [0.29, 0.717) is 11.5 Å². The van der Waals surface area contributed by atoms with Crippen molar-refractivity contribution in [2.24, 2.45) is 5.10 Å². The summed E-state index contributed by atoms with van der Waals surface area (Å²) in [5.74, 6) is 1.09. The number of rotatable bonds is 6. The van der Waals surface area contributed by atoms with Crippen LogP contribution in [0.5, 0.6) is 5.75 Å². The van der Waals surface area contributed by atoms with Gasteiger partial charge in [0.15, 0.2) is 6.61 Å². The SMILES string of the molecule is CC(C=Cc1ccco1)=NNC(=O)COc1cc(C)cc(C)c1. The van der Waals surface area contributed by atoms with Crippen molar-refractivity contribution in [2.45, 2.75) is 20.8 Å². The van der Waals surface area contributed by atoms with Gasteiger partial charge in [-0.2, -0.15) is 5.10 Å². The third kappa shape index (κ3) is 5.82. The van der Waals surface area contributed by atoms with Crippen LogP contribution < -0.4 is 10.2 Å². The molecule has 0 aliphatic rings. The Bertz CT molecular complexity index is 696. The first-order chi connectivity index (χ1) is 11.0. The van der Waals surface area contributed by atoms with Crippen molar-refractivity contribution in [1.29, 1.82) is 0 Å². The Morgan fingerprint density at radius 2 is 2.04 bits per heavy atom. The van der Waals surface area contributed by atoms with Gasteiger partial charge in [-0.3, -0.25) is 4.79 Å². The van der Waals surface area contributed by atoms with Crippen molar-refractivity contribution in [3.63, 3.8) is 0 Å². The van der Waals surface area contributed by atoms with Gasteiger partial charge in [0.05, 0.1) is 12.0 Å². The third-order valence-corrected chi connectivity index (χ3v) is 2.95. The van der Waals surface area contributed by atoms with Gasteiger partial charge in [0.2, 0.25) is 0 Å². The number of ether oxygens (including phenoxy) is 1. The van der Waals surface area contributed by atoms with Crippen LogP contribution in [0, 0.1) is 13.8 Å². The summed E-state index contributed by atoms with van der Waals surface area (Å²) in [4.78, 5) is 11.7. The second kappa shape index (κ2) is 7.98. The van der Waals surface area contributed by atoms with Gasteiger partial charge in [-0.25, -0.2) is 5.43 Å². The van der Waals surface area contributed by atoms with Gasteiger partial charge in [-0.05, 0) is 68.3 Å². The lowest BCUT2D eigenvalue weighted by atomic mass is 10.1. The van der Waals surface area contributed by atoms with Crippen molar-refractivity contribution in [2.75, 3.05) is 6.61 Å². The van der Waals surface area contributed by atoms with Gasteiger partial charge < -0.3 is 9.15 Å². The fourth-order valence-electron chi connectivity index (χ4n) is 1.97. The molecule has 1 N–H and O–H groups in total. The number of amides is 1. The molecule has 1 amide bonds. The van der Waals surface area contributed by atoms with E-state index in [1.807, 2.05) is 38.1 Å². The van der Waals surface area contributed by atoms with Gasteiger partial charge in [0.25, 0.3) is 5.91 Å². The van der Waals surface area contributed by atoms with Crippen LogP contribution in [0.3, 0.4) is 0 Å². The number of carbonyl (C=O) groups is 1. The number of benzene rings is 1. The van der Waals surface area contributed by atoms with Crippen LogP contribution >= 0.6 is 0 Å². The minimum absolute atomic E-state index is 0.0818. The number of nitrogens with zero attached hydrogens (tertiary/aromatic N) is 1. The number of hydrogen-bond acceptors (Lipinski definition) is 4. The van der Waals surface area contributed by atoms with Gasteiger partial charge in [-0.15, -0.1) is 0 Å². The zero-order valence-electron chi connectivity index (χ0n) is 13.5. The molecule has 1 aromatic carbocycles. The normalized spacial score (nSPS) is 11.7. The largest absolute Gasteiger partial charge is 0.484 e. The standard InChI is InChI=1S/C18H20N2O3/c1-13-9-14(2)11-17(10-13)23-12-18(21)20-19-15(3)6-7-16-5-4-8-22-16/h4-11H,12H2,1-3H3,(H,20,21). The summed E-state index contributed by atoms with van der Waals surface area (Å²) < 4.78 is 10.6. The molecule has 2 aromatic rings. The number of carbonyl (C=O) groups excluding carboxylic acids is 1. The Morgan fingerprint density at radius 3 is 2.70 bits per heavy atom. The molecule has 2 rings (SSSR count). The lowest BCUT2D eigenvalue weighted by molar-refractivity contribution is -0.123. The monoisotopic (exact) mass is 312 g/mol. The number of allylic oxidation sites excluding steroid dienone is 1. The third-order valence-electron chi connectivity index (χ3n) is 2.95. The zero-order valence-corrected chi connectivity index (χ0v) is 13.5. The van der Waals surface area contributed by atoms with Gasteiger partial charge in [0.1, 0.15) is 11.5 Å². The highest BCUT2D eigenvalue weighted by Gasteiger charge is 2.03. The molecule has 1 heterocycles. The Morgan fingerprint density at radius 1 is 1.30 bits per heavy atom. The highest BCUT2D eigenvalue weighted by molar-refractivity contribution is 5.96. The first kappa shape index (κ1) is 16.5. The second-order valence-electron chi connectivity index (χ2n) is 5.25. The maximum absolute atomic E-state index is 11.7. The quantitative estimate of drug-likeness (QED) is 0.656. The Hall–Kier alpha value is -2.82. The predicted octanol–water partition coefficient (Wildman–Crippen LogP) is 3.48. The van der Waals surface area contributed by atoms with Crippen LogP contribution in [0.4, 0.5) is 0 Å². The summed E-state index contributed by atoms with van der Waals surface area (Å²) in [5.41, 5.74) is 5.30. The van der Waals surface area contributed by atoms with Crippen molar-refractivity contribution < 1.29 is 13.9 Å². The second-order valence-corrected chi connectivity index (χ2v) is 5.25. The molecule has 120 valence electrons. The molecule has 0 radical (unpaired) electrons. The molecule has 0 unspecified atom stereocenters. The van der Waals surface area contributed by atoms with Crippen LogP contribution in [0.1, 0.15) is 23.8 Å². The van der Waals surface area contributed by atoms with Crippen LogP contribution in [0.2, 0.25) is 0 Å². The van der Waals surface area contributed by atoms with Crippen LogP contribution in [0.15, 0.2) is 52.2 Å². The first-order valence-corrected chi connectivity index (χ1v) is 7.29. The smallest absolute Gasteiger partial charge is 0.277 e. The van der Waals surface area contributed by atoms with E-state index in [1.54, 1.807) is 31.4 Å². The molecule has 0 aliphatic heterocycles. The topological polar surface area (TPSA) is 63.8 Å². The molecule has 0 aliphatic carbocycles. The fraction of sp³-hybridized carbons (Fsp3) is 0.222. The van der Waals surface area contributed by atoms with E-state index in [1.165, 1.54) is 0 Å². The van der Waals surface area contributed by atoms with E-state index in [9.17, 15) is 4.79 Å². The fourth-order valence-corrected chi connectivity index (χ4v) is 1.97. The lowest BCUT2D eigenvalue weighted by Gasteiger charge is -2.07. The minimum atomic E-state index is -0.310. The Labute approximate surface area is 135 Å². The zero-order chi connectivity index (χ0) is 16.7. The number of nitrogens with one attached hydrogen (secondary N) is 1. The Kier molecular flexibility index (Phi) is 5.74. The average Bonchev–Trinajstić information content (AvgIpc) is 3.01. The Balaban J connectivity index is 1.81. The maximum Gasteiger partial charge on any atom is 0.277 e. The number of aryl methyl sites for hydroxylation is 2. The van der Waals surface area contributed by atoms with E-state index >= 15 is 0 Å². The van der Waals surface area contributed by atoms with Crippen molar-refractivity contribution in [1.82, 2.24) is 5.43 Å². The molecule has 0 spiro atoms. The predicted molar refractivity (Wildman–Crippen MR) is 90.4 cm³/mol. The van der Waals surface area contributed by atoms with Crippen LogP contribution in [0.25, 0.3) is 6.08 Å². The van der Waals surface area contributed by atoms with E-state index in [-0.39, 0.29) is 12.5 Å². The summed E-state index contributed by atoms with van der Waals surface area (Å²) in [5, 5.41) is 3.98. The number of hydrogen-bond donors (Lipinski definition) is 1. The molecule has 23 heavy (non-hydrogen) atoms. The molecule has 1 aromatic heterocycles. The van der Waals surface area contributed by atoms with E-state index in [4.69, 9.17) is 9.15 Å². The van der Waals surface area contributed by atoms with E-state index < -0.39 is 0 Å². The van der Waals surface area contributed by atoms with Crippen LogP contribution in [-0.2, 0) is 4.79 Å². The lowest BCUT2D eigenvalue weighted by Crippen LogP contribution is -2.25. The molecule has 5 nitrogen and oxygen atoms in total. The summed E-state index contributed by atoms with van der Waals surface area (Å²) >= 11 is 0. The molecule has 0 fully saturated rings. The summed E-state index contributed by atoms with van der Waals surface area (Å²) in [6.07, 6.45) is 5.12. The minimum Gasteiger partial charge on any atom is -0.484 e. The summed E-state index contributed by atoms with van der Waals surface area (Å²) in [7, 11) is 0. The molecular formula is C18H20N2O3. The van der Waals surface area contributed by atoms with Gasteiger partial charge in [-0.1, -0.05) is 6.07 Å². The molecule has 0 saturated carbocycles. The van der Waals surface area contributed by atoms with Gasteiger partial charge in [0, 0.05) is 0 Å². The molecule has 0 saturated heterocycles. The average molecular weight is 312 g/mol. The van der Waals surface area contributed by atoms with Gasteiger partial charge >= 0.3 is 0 Å². The van der Waals surface area contributed by atoms with E-state index in [2.05, 4.69) is 10.5 Å². The molecule has 0 bridgehead atoms. The molecular weight excluding hydrogens is 292 g/mol. The highest BCUT2D eigenvalue weighted by Crippen LogP contribution is 2.15. The summed E-state index contributed by atoms with van der Waals surface area (Å²) in [6.45, 7) is 5.67. The molecule has 0 atom stereocenters. The number of furan rings is 1.